The van der Waals surface area contributed by atoms with E-state index in [-0.39, 0.29) is 0 Å². The Labute approximate surface area is 122 Å². The van der Waals surface area contributed by atoms with Crippen LogP contribution in [0.4, 0.5) is 5.69 Å². The summed E-state index contributed by atoms with van der Waals surface area (Å²) in [6, 6.07) is 19.5. The fourth-order valence-corrected chi connectivity index (χ4v) is 4.06. The fraction of sp³-hybridized carbons (Fsp3) is 0.111. The molecule has 0 aliphatic heterocycles. The molecule has 1 heterocycles. The number of hydrogen-bond donors (Lipinski definition) is 1. The van der Waals surface area contributed by atoms with Crippen LogP contribution in [0.5, 0.6) is 0 Å². The van der Waals surface area contributed by atoms with Gasteiger partial charge in [-0.2, -0.15) is 0 Å². The number of nitrogens with one attached hydrogen (secondary N) is 1. The third-order valence-corrected chi connectivity index (χ3v) is 5.05. The lowest BCUT2D eigenvalue weighted by atomic mass is 9.98. The van der Waals surface area contributed by atoms with E-state index in [9.17, 15) is 0 Å². The van der Waals surface area contributed by atoms with Gasteiger partial charge in [-0.25, -0.2) is 0 Å². The van der Waals surface area contributed by atoms with E-state index >= 15 is 0 Å². The summed E-state index contributed by atoms with van der Waals surface area (Å²) >= 11 is 1.91. The van der Waals surface area contributed by atoms with Crippen molar-refractivity contribution in [2.24, 2.45) is 0 Å². The first-order valence-electron chi connectivity index (χ1n) is 6.91. The van der Waals surface area contributed by atoms with Gasteiger partial charge in [0.05, 0.1) is 6.04 Å². The van der Waals surface area contributed by atoms with Crippen LogP contribution in [0, 0.1) is 0 Å². The standard InChI is InChI=1S/C18H15NS/c1-2-7-13(8-3-1)19-16-11-6-10-15-14-9-4-5-12-17(14)20-18(15)16/h1-10,12,16,19H,11H2. The summed E-state index contributed by atoms with van der Waals surface area (Å²) in [7, 11) is 0. The minimum absolute atomic E-state index is 0.384. The summed E-state index contributed by atoms with van der Waals surface area (Å²) in [5.41, 5.74) is 2.58. The van der Waals surface area contributed by atoms with Gasteiger partial charge in [0.2, 0.25) is 0 Å². The van der Waals surface area contributed by atoms with Crippen molar-refractivity contribution in [2.75, 3.05) is 5.32 Å². The van der Waals surface area contributed by atoms with E-state index < -0.39 is 0 Å². The highest BCUT2D eigenvalue weighted by molar-refractivity contribution is 7.19. The van der Waals surface area contributed by atoms with Crippen LogP contribution >= 0.6 is 11.3 Å². The van der Waals surface area contributed by atoms with Gasteiger partial charge < -0.3 is 5.32 Å². The summed E-state index contributed by atoms with van der Waals surface area (Å²) < 4.78 is 1.38. The molecule has 2 aromatic carbocycles. The van der Waals surface area contributed by atoms with Crippen LogP contribution in [0.15, 0.2) is 60.7 Å². The Kier molecular flexibility index (Phi) is 2.82. The van der Waals surface area contributed by atoms with Crippen LogP contribution in [0.3, 0.4) is 0 Å². The summed E-state index contributed by atoms with van der Waals surface area (Å²) in [6.07, 6.45) is 5.61. The molecule has 1 atom stereocenters. The van der Waals surface area contributed by atoms with Crippen LogP contribution in [0.25, 0.3) is 16.2 Å². The van der Waals surface area contributed by atoms with Crippen molar-refractivity contribution in [3.05, 3.63) is 71.1 Å². The van der Waals surface area contributed by atoms with Gasteiger partial charge in [0, 0.05) is 20.7 Å². The number of hydrogen-bond acceptors (Lipinski definition) is 2. The van der Waals surface area contributed by atoms with Crippen molar-refractivity contribution < 1.29 is 0 Å². The second-order valence-corrected chi connectivity index (χ2v) is 6.16. The molecule has 1 N–H and O–H groups in total. The van der Waals surface area contributed by atoms with Crippen molar-refractivity contribution in [3.63, 3.8) is 0 Å². The number of benzene rings is 2. The minimum Gasteiger partial charge on any atom is -0.377 e. The van der Waals surface area contributed by atoms with Gasteiger partial charge in [-0.05, 0) is 30.2 Å². The van der Waals surface area contributed by atoms with Crippen molar-refractivity contribution in [1.29, 1.82) is 0 Å². The molecule has 0 bridgehead atoms. The van der Waals surface area contributed by atoms with Gasteiger partial charge in [-0.15, -0.1) is 11.3 Å². The molecule has 1 aliphatic rings. The predicted molar refractivity (Wildman–Crippen MR) is 88.3 cm³/mol. The monoisotopic (exact) mass is 277 g/mol. The van der Waals surface area contributed by atoms with Crippen LogP contribution in [0.1, 0.15) is 22.9 Å². The largest absolute Gasteiger partial charge is 0.377 e. The fourth-order valence-electron chi connectivity index (χ4n) is 2.80. The highest BCUT2D eigenvalue weighted by atomic mass is 32.1. The zero-order chi connectivity index (χ0) is 13.4. The third kappa shape index (κ3) is 1.93. The molecule has 0 saturated heterocycles. The topological polar surface area (TPSA) is 12.0 Å². The number of para-hydroxylation sites is 1. The molecule has 0 amide bonds. The molecule has 0 fully saturated rings. The van der Waals surface area contributed by atoms with E-state index in [1.807, 2.05) is 11.3 Å². The van der Waals surface area contributed by atoms with Crippen LogP contribution in [-0.4, -0.2) is 0 Å². The normalized spacial score (nSPS) is 17.1. The highest BCUT2D eigenvalue weighted by Gasteiger charge is 2.21. The van der Waals surface area contributed by atoms with Crippen molar-refractivity contribution in [1.82, 2.24) is 0 Å². The lowest BCUT2D eigenvalue weighted by molar-refractivity contribution is 0.808. The molecular formula is C18H15NS. The van der Waals surface area contributed by atoms with Crippen LogP contribution < -0.4 is 5.32 Å². The summed E-state index contributed by atoms with van der Waals surface area (Å²) in [5, 5.41) is 5.04. The lowest BCUT2D eigenvalue weighted by Crippen LogP contribution is -2.11. The smallest absolute Gasteiger partial charge is 0.0647 e. The Bertz CT molecular complexity index is 770. The summed E-state index contributed by atoms with van der Waals surface area (Å²) in [4.78, 5) is 1.46. The maximum absolute atomic E-state index is 3.66. The Balaban J connectivity index is 1.77. The molecule has 1 aliphatic carbocycles. The first-order valence-corrected chi connectivity index (χ1v) is 7.73. The Morgan fingerprint density at radius 1 is 0.950 bits per heavy atom. The quantitative estimate of drug-likeness (QED) is 0.654. The summed E-state index contributed by atoms with van der Waals surface area (Å²) in [6.45, 7) is 0. The molecule has 0 saturated carbocycles. The average Bonchev–Trinajstić information content (AvgIpc) is 2.88. The van der Waals surface area contributed by atoms with Gasteiger partial charge in [0.1, 0.15) is 0 Å². The molecule has 1 unspecified atom stereocenters. The van der Waals surface area contributed by atoms with E-state index in [4.69, 9.17) is 0 Å². The zero-order valence-electron chi connectivity index (χ0n) is 11.0. The van der Waals surface area contributed by atoms with Crippen molar-refractivity contribution in [2.45, 2.75) is 12.5 Å². The Morgan fingerprint density at radius 3 is 2.65 bits per heavy atom. The molecule has 20 heavy (non-hydrogen) atoms. The maximum Gasteiger partial charge on any atom is 0.0647 e. The van der Waals surface area contributed by atoms with E-state index in [0.717, 1.165) is 6.42 Å². The predicted octanol–water partition coefficient (Wildman–Crippen LogP) is 5.47. The molecule has 0 radical (unpaired) electrons. The van der Waals surface area contributed by atoms with Gasteiger partial charge in [0.25, 0.3) is 0 Å². The highest BCUT2D eigenvalue weighted by Crippen LogP contribution is 2.41. The molecule has 3 aromatic rings. The van der Waals surface area contributed by atoms with Gasteiger partial charge in [-0.3, -0.25) is 0 Å². The molecule has 1 nitrogen and oxygen atoms in total. The molecule has 98 valence electrons. The van der Waals surface area contributed by atoms with Gasteiger partial charge in [-0.1, -0.05) is 48.6 Å². The molecule has 2 heteroatoms. The zero-order valence-corrected chi connectivity index (χ0v) is 11.9. The van der Waals surface area contributed by atoms with E-state index in [0.29, 0.717) is 6.04 Å². The van der Waals surface area contributed by atoms with Crippen LogP contribution in [0.2, 0.25) is 0 Å². The lowest BCUT2D eigenvalue weighted by Gasteiger charge is -2.21. The number of fused-ring (bicyclic) bond motifs is 3. The van der Waals surface area contributed by atoms with Gasteiger partial charge in [0.15, 0.2) is 0 Å². The third-order valence-electron chi connectivity index (χ3n) is 3.75. The first-order chi connectivity index (χ1) is 9.92. The van der Waals surface area contributed by atoms with Crippen molar-refractivity contribution in [3.8, 4) is 0 Å². The summed E-state index contributed by atoms with van der Waals surface area (Å²) in [5.74, 6) is 0. The van der Waals surface area contributed by atoms with Gasteiger partial charge >= 0.3 is 0 Å². The number of rotatable bonds is 2. The average molecular weight is 277 g/mol. The maximum atomic E-state index is 3.66. The molecule has 0 spiro atoms. The SMILES string of the molecule is C1=Cc2c(sc3ccccc23)C(Nc2ccccc2)C1. The number of thiophene rings is 1. The van der Waals surface area contributed by atoms with E-state index in [1.54, 1.807) is 0 Å². The van der Waals surface area contributed by atoms with E-state index in [1.165, 1.54) is 26.2 Å². The van der Waals surface area contributed by atoms with Crippen molar-refractivity contribution >= 4 is 33.2 Å². The van der Waals surface area contributed by atoms with E-state index in [2.05, 4.69) is 72.1 Å². The molecular weight excluding hydrogens is 262 g/mol. The Hall–Kier alpha value is -2.06. The van der Waals surface area contributed by atoms with Crippen LogP contribution in [-0.2, 0) is 0 Å². The second kappa shape index (κ2) is 4.80. The molecule has 4 rings (SSSR count). The second-order valence-electron chi connectivity index (χ2n) is 5.08. The molecule has 1 aromatic heterocycles. The minimum atomic E-state index is 0.384. The Morgan fingerprint density at radius 2 is 1.75 bits per heavy atom. The number of anilines is 1. The first kappa shape index (κ1) is 11.7.